The lowest BCUT2D eigenvalue weighted by Crippen LogP contribution is -2.29. The molecule has 0 amide bonds. The molecular weight excluding hydrogens is 516 g/mol. The number of thiocarbonyl (C=S) groups is 1. The average molecular weight is 535 g/mol. The van der Waals surface area contributed by atoms with Gasteiger partial charge in [-0.05, 0) is 73.2 Å². The summed E-state index contributed by atoms with van der Waals surface area (Å²) in [4.78, 5) is 17.7. The van der Waals surface area contributed by atoms with Crippen LogP contribution in [0, 0.1) is 17.0 Å². The van der Waals surface area contributed by atoms with Crippen molar-refractivity contribution in [2.45, 2.75) is 19.0 Å². The SMILES string of the molecule is Cc1cc(N2C(=S)N[C@@H](c3ccccn3)[C@@H]2c2ccc(-c3ccccc3[N+](=O)[O-])o2)ccc1Br. The van der Waals surface area contributed by atoms with Crippen LogP contribution < -0.4 is 10.2 Å². The molecule has 0 spiro atoms. The van der Waals surface area contributed by atoms with E-state index in [4.69, 9.17) is 16.6 Å². The Bertz CT molecular complexity index is 1390. The maximum absolute atomic E-state index is 11.6. The van der Waals surface area contributed by atoms with Crippen molar-refractivity contribution in [3.05, 3.63) is 111 Å². The van der Waals surface area contributed by atoms with Crippen LogP contribution in [0.3, 0.4) is 0 Å². The number of pyridine rings is 1. The number of hydrogen-bond acceptors (Lipinski definition) is 5. The van der Waals surface area contributed by atoms with Crippen LogP contribution in [0.4, 0.5) is 11.4 Å². The number of aryl methyl sites for hydroxylation is 1. The van der Waals surface area contributed by atoms with E-state index in [1.807, 2.05) is 48.2 Å². The van der Waals surface area contributed by atoms with Crippen LogP contribution in [0.5, 0.6) is 0 Å². The molecule has 2 aromatic carbocycles. The second-order valence-corrected chi connectivity index (χ2v) is 9.15. The van der Waals surface area contributed by atoms with Crippen LogP contribution in [0.1, 0.15) is 29.1 Å². The van der Waals surface area contributed by atoms with Crippen LogP contribution >= 0.6 is 28.1 Å². The number of anilines is 1. The summed E-state index contributed by atoms with van der Waals surface area (Å²) in [5, 5.41) is 15.5. The third kappa shape index (κ3) is 3.97. The third-order valence-corrected chi connectivity index (χ3v) is 7.01. The number of furan rings is 1. The molecule has 5 rings (SSSR count). The number of nitrogens with zero attached hydrogens (tertiary/aromatic N) is 3. The molecule has 1 fully saturated rings. The van der Waals surface area contributed by atoms with E-state index in [2.05, 4.69) is 32.3 Å². The molecule has 0 unspecified atom stereocenters. The number of halogens is 1. The Morgan fingerprint density at radius 2 is 1.91 bits per heavy atom. The van der Waals surface area contributed by atoms with Crippen molar-refractivity contribution in [1.82, 2.24) is 10.3 Å². The topological polar surface area (TPSA) is 84.4 Å². The predicted octanol–water partition coefficient (Wildman–Crippen LogP) is 6.50. The van der Waals surface area contributed by atoms with E-state index >= 15 is 0 Å². The number of nitro groups is 1. The highest BCUT2D eigenvalue weighted by atomic mass is 79.9. The Morgan fingerprint density at radius 1 is 1.12 bits per heavy atom. The molecule has 3 heterocycles. The van der Waals surface area contributed by atoms with Crippen molar-refractivity contribution < 1.29 is 9.34 Å². The van der Waals surface area contributed by atoms with Crippen molar-refractivity contribution in [3.8, 4) is 11.3 Å². The highest BCUT2D eigenvalue weighted by molar-refractivity contribution is 9.10. The quantitative estimate of drug-likeness (QED) is 0.178. The smallest absolute Gasteiger partial charge is 0.280 e. The lowest BCUT2D eigenvalue weighted by Gasteiger charge is -2.26. The molecule has 34 heavy (non-hydrogen) atoms. The molecule has 170 valence electrons. The maximum atomic E-state index is 11.6. The molecule has 9 heteroatoms. The van der Waals surface area contributed by atoms with Gasteiger partial charge in [-0.15, -0.1) is 0 Å². The minimum Gasteiger partial charge on any atom is -0.459 e. The van der Waals surface area contributed by atoms with Crippen molar-refractivity contribution >= 4 is 44.6 Å². The molecule has 0 bridgehead atoms. The first-order valence-electron chi connectivity index (χ1n) is 10.5. The Balaban J connectivity index is 1.63. The summed E-state index contributed by atoms with van der Waals surface area (Å²) in [6.45, 7) is 2.02. The summed E-state index contributed by atoms with van der Waals surface area (Å²) in [5.41, 5.74) is 3.21. The maximum Gasteiger partial charge on any atom is 0.280 e. The number of nitrogens with one attached hydrogen (secondary N) is 1. The van der Waals surface area contributed by atoms with Gasteiger partial charge in [-0.3, -0.25) is 15.1 Å². The van der Waals surface area contributed by atoms with E-state index in [0.29, 0.717) is 22.2 Å². The molecule has 0 saturated carbocycles. The van der Waals surface area contributed by atoms with E-state index in [-0.39, 0.29) is 17.8 Å². The third-order valence-electron chi connectivity index (χ3n) is 5.80. The van der Waals surface area contributed by atoms with Gasteiger partial charge in [0.25, 0.3) is 5.69 Å². The molecule has 7 nitrogen and oxygen atoms in total. The lowest BCUT2D eigenvalue weighted by molar-refractivity contribution is -0.384. The van der Waals surface area contributed by atoms with E-state index in [1.165, 1.54) is 6.07 Å². The summed E-state index contributed by atoms with van der Waals surface area (Å²) in [7, 11) is 0. The molecule has 4 aromatic rings. The minimum atomic E-state index is -0.405. The summed E-state index contributed by atoms with van der Waals surface area (Å²) in [6, 6.07) is 21.3. The van der Waals surface area contributed by atoms with Crippen LogP contribution in [0.25, 0.3) is 11.3 Å². The van der Waals surface area contributed by atoms with Gasteiger partial charge >= 0.3 is 0 Å². The van der Waals surface area contributed by atoms with Crippen molar-refractivity contribution in [1.29, 1.82) is 0 Å². The minimum absolute atomic E-state index is 0.00913. The fourth-order valence-electron chi connectivity index (χ4n) is 4.20. The van der Waals surface area contributed by atoms with E-state index < -0.39 is 4.92 Å². The van der Waals surface area contributed by atoms with Gasteiger partial charge in [0, 0.05) is 22.4 Å². The monoisotopic (exact) mass is 534 g/mol. The van der Waals surface area contributed by atoms with Gasteiger partial charge in [-0.1, -0.05) is 34.1 Å². The zero-order valence-corrected chi connectivity index (χ0v) is 20.4. The zero-order chi connectivity index (χ0) is 23.8. The number of aromatic nitrogens is 1. The molecule has 0 aliphatic carbocycles. The van der Waals surface area contributed by atoms with E-state index in [0.717, 1.165) is 21.4 Å². The molecule has 2 aromatic heterocycles. The number of nitro benzene ring substituents is 1. The standard InChI is InChI=1S/C25H19BrN4O3S/c1-15-14-16(9-10-18(15)26)29-24(23(28-25(29)34)19-7-4-5-13-27-19)22-12-11-21(33-22)17-6-2-3-8-20(17)30(31)32/h2-14,23-24H,1H3,(H,28,34)/t23-,24-/m0/s1. The van der Waals surface area contributed by atoms with Crippen molar-refractivity contribution in [3.63, 3.8) is 0 Å². The lowest BCUT2D eigenvalue weighted by atomic mass is 10.0. The first-order valence-corrected chi connectivity index (χ1v) is 11.7. The van der Waals surface area contributed by atoms with Gasteiger partial charge in [-0.25, -0.2) is 0 Å². The summed E-state index contributed by atoms with van der Waals surface area (Å²) in [6.07, 6.45) is 1.74. The summed E-state index contributed by atoms with van der Waals surface area (Å²) < 4.78 is 7.27. The summed E-state index contributed by atoms with van der Waals surface area (Å²) >= 11 is 9.31. The van der Waals surface area contributed by atoms with Gasteiger partial charge in [0.15, 0.2) is 5.11 Å². The average Bonchev–Trinajstić information content (AvgIpc) is 3.46. The number of hydrogen-bond donors (Lipinski definition) is 1. The van der Waals surface area contributed by atoms with Crippen LogP contribution in [-0.2, 0) is 0 Å². The molecule has 1 saturated heterocycles. The fraction of sp³-hybridized carbons (Fsp3) is 0.120. The normalized spacial score (nSPS) is 17.6. The Labute approximate surface area is 209 Å². The summed E-state index contributed by atoms with van der Waals surface area (Å²) in [5.74, 6) is 1.04. The second-order valence-electron chi connectivity index (χ2n) is 7.91. The Morgan fingerprint density at radius 3 is 2.65 bits per heavy atom. The first-order chi connectivity index (χ1) is 16.4. The largest absolute Gasteiger partial charge is 0.459 e. The van der Waals surface area contributed by atoms with Gasteiger partial charge in [-0.2, -0.15) is 0 Å². The van der Waals surface area contributed by atoms with E-state index in [1.54, 1.807) is 30.5 Å². The number of para-hydroxylation sites is 1. The molecular formula is C25H19BrN4O3S. The van der Waals surface area contributed by atoms with Crippen LogP contribution in [0.2, 0.25) is 0 Å². The van der Waals surface area contributed by atoms with Crippen LogP contribution in [0.15, 0.2) is 87.9 Å². The molecule has 2 atom stereocenters. The zero-order valence-electron chi connectivity index (χ0n) is 18.0. The first kappa shape index (κ1) is 22.2. The highest BCUT2D eigenvalue weighted by Crippen LogP contribution is 2.44. The van der Waals surface area contributed by atoms with Gasteiger partial charge in [0.1, 0.15) is 17.6 Å². The fourth-order valence-corrected chi connectivity index (χ4v) is 4.79. The number of rotatable bonds is 5. The highest BCUT2D eigenvalue weighted by Gasteiger charge is 2.42. The van der Waals surface area contributed by atoms with Gasteiger partial charge in [0.05, 0.1) is 22.2 Å². The van der Waals surface area contributed by atoms with Crippen molar-refractivity contribution in [2.75, 3.05) is 4.90 Å². The van der Waals surface area contributed by atoms with Crippen molar-refractivity contribution in [2.24, 2.45) is 0 Å². The van der Waals surface area contributed by atoms with Gasteiger partial charge in [0.2, 0.25) is 0 Å². The second kappa shape index (κ2) is 9.00. The van der Waals surface area contributed by atoms with E-state index in [9.17, 15) is 10.1 Å². The predicted molar refractivity (Wildman–Crippen MR) is 138 cm³/mol. The molecule has 1 aliphatic rings. The van der Waals surface area contributed by atoms with Gasteiger partial charge < -0.3 is 14.6 Å². The van der Waals surface area contributed by atoms with Crippen LogP contribution in [-0.4, -0.2) is 15.0 Å². The number of benzene rings is 2. The molecule has 1 N–H and O–H groups in total. The Kier molecular flexibility index (Phi) is 5.89. The molecule has 0 radical (unpaired) electrons. The Hall–Kier alpha value is -3.56. The molecule has 1 aliphatic heterocycles.